The van der Waals surface area contributed by atoms with E-state index in [-0.39, 0.29) is 36.4 Å². The number of anilines is 2. The van der Waals surface area contributed by atoms with E-state index in [0.717, 1.165) is 11.1 Å². The molecule has 0 saturated carbocycles. The van der Waals surface area contributed by atoms with Crippen molar-refractivity contribution in [1.82, 2.24) is 15.6 Å². The Morgan fingerprint density at radius 1 is 1.26 bits per heavy atom. The highest BCUT2D eigenvalue weighted by atomic mass is 32.1. The number of carbonyl (C=O) groups is 1. The number of nitrogens with zero attached hydrogens (tertiary/aromatic N) is 2. The summed E-state index contributed by atoms with van der Waals surface area (Å²) in [5.74, 6) is -1.08. The first-order valence-corrected chi connectivity index (χ1v) is 12.8. The quantitative estimate of drug-likeness (QED) is 0.513. The zero-order valence-corrected chi connectivity index (χ0v) is 20.2. The molecular weight excluding hydrogens is 472 g/mol. The molecule has 3 aliphatic rings. The molecule has 4 N–H and O–H groups in total. The molecule has 2 bridgehead atoms. The van der Waals surface area contributed by atoms with Gasteiger partial charge in [-0.1, -0.05) is 0 Å². The molecule has 2 aliphatic heterocycles. The highest BCUT2D eigenvalue weighted by Gasteiger charge is 2.35. The van der Waals surface area contributed by atoms with Crippen LogP contribution in [0, 0.1) is 18.6 Å². The normalized spacial score (nSPS) is 23.9. The number of nitrogens with one attached hydrogen (secondary N) is 2. The monoisotopic (exact) mass is 499 g/mol. The average molecular weight is 500 g/mol. The Morgan fingerprint density at radius 3 is 2.80 bits per heavy atom. The summed E-state index contributed by atoms with van der Waals surface area (Å²) >= 11 is 1.25. The van der Waals surface area contributed by atoms with Crippen molar-refractivity contribution in [1.29, 1.82) is 0 Å². The van der Waals surface area contributed by atoms with Gasteiger partial charge in [-0.15, -0.1) is 11.3 Å². The van der Waals surface area contributed by atoms with Crippen LogP contribution in [-0.2, 0) is 17.6 Å². The Hall–Kier alpha value is -2.82. The Balaban J connectivity index is 1.21. The van der Waals surface area contributed by atoms with Gasteiger partial charge in [-0.2, -0.15) is 0 Å². The lowest BCUT2D eigenvalue weighted by Gasteiger charge is -2.43. The number of morpholine rings is 2. The number of nitrogens with two attached hydrogens (primary N) is 1. The van der Waals surface area contributed by atoms with Crippen molar-refractivity contribution in [3.05, 3.63) is 51.5 Å². The standard InChI is InChI=1S/C25H27F2N5O2S/c1-12-2-4-17-22(28)23(35-25(17)30-12)24(33)31-13-3-5-16-18(6-13)19(26)7-20(21(16)27)32-10-14-8-29-9-15(11-32)34-14/h2,4,7,13-15,29H,3,5-6,8-11,28H2,1H3,(H,31,33)/t13-,14?,15?/m0/s1. The maximum atomic E-state index is 15.6. The van der Waals surface area contributed by atoms with Gasteiger partial charge >= 0.3 is 0 Å². The summed E-state index contributed by atoms with van der Waals surface area (Å²) in [4.78, 5) is 20.5. The first kappa shape index (κ1) is 22.6. The van der Waals surface area contributed by atoms with Crippen LogP contribution < -0.4 is 21.3 Å². The number of rotatable bonds is 3. The summed E-state index contributed by atoms with van der Waals surface area (Å²) < 4.78 is 36.7. The number of carbonyl (C=O) groups excluding carboxylic acids is 1. The predicted molar refractivity (Wildman–Crippen MR) is 132 cm³/mol. The van der Waals surface area contributed by atoms with Gasteiger partial charge < -0.3 is 26.0 Å². The largest absolute Gasteiger partial charge is 0.397 e. The Bertz CT molecular complexity index is 1320. The molecule has 184 valence electrons. The van der Waals surface area contributed by atoms with Gasteiger partial charge in [0.2, 0.25) is 0 Å². The molecule has 1 aliphatic carbocycles. The molecule has 0 radical (unpaired) electrons. The summed E-state index contributed by atoms with van der Waals surface area (Å²) in [6.45, 7) is 4.37. The van der Waals surface area contributed by atoms with Crippen molar-refractivity contribution in [2.75, 3.05) is 36.8 Å². The van der Waals surface area contributed by atoms with Crippen molar-refractivity contribution < 1.29 is 18.3 Å². The summed E-state index contributed by atoms with van der Waals surface area (Å²) in [6.07, 6.45) is 1.07. The van der Waals surface area contributed by atoms with Crippen LogP contribution in [-0.4, -0.2) is 55.3 Å². The molecule has 2 saturated heterocycles. The van der Waals surface area contributed by atoms with E-state index in [9.17, 15) is 4.79 Å². The highest BCUT2D eigenvalue weighted by molar-refractivity contribution is 7.21. The molecule has 2 unspecified atom stereocenters. The van der Waals surface area contributed by atoms with Crippen LogP contribution in [0.15, 0.2) is 18.2 Å². The third-order valence-corrected chi connectivity index (χ3v) is 8.31. The third kappa shape index (κ3) is 4.03. The lowest BCUT2D eigenvalue weighted by atomic mass is 9.86. The summed E-state index contributed by atoms with van der Waals surface area (Å²) in [6, 6.07) is 4.73. The summed E-state index contributed by atoms with van der Waals surface area (Å²) in [7, 11) is 0. The van der Waals surface area contributed by atoms with Gasteiger partial charge in [-0.25, -0.2) is 13.8 Å². The van der Waals surface area contributed by atoms with Crippen molar-refractivity contribution in [3.8, 4) is 0 Å². The number of aryl methyl sites for hydroxylation is 1. The second-order valence-electron chi connectivity index (χ2n) is 9.66. The van der Waals surface area contributed by atoms with E-state index >= 15 is 8.78 Å². The van der Waals surface area contributed by atoms with E-state index in [1.165, 1.54) is 17.4 Å². The number of benzene rings is 1. The minimum absolute atomic E-state index is 0.0268. The van der Waals surface area contributed by atoms with Gasteiger partial charge in [0.25, 0.3) is 5.91 Å². The molecule has 2 aromatic heterocycles. The Kier molecular flexibility index (Phi) is 5.62. The number of hydrogen-bond donors (Lipinski definition) is 3. The molecule has 7 nitrogen and oxygen atoms in total. The predicted octanol–water partition coefficient (Wildman–Crippen LogP) is 2.93. The Morgan fingerprint density at radius 2 is 2.03 bits per heavy atom. The van der Waals surface area contributed by atoms with E-state index in [0.29, 0.717) is 71.2 Å². The second-order valence-corrected chi connectivity index (χ2v) is 10.7. The number of fused-ring (bicyclic) bond motifs is 4. The van der Waals surface area contributed by atoms with E-state index in [4.69, 9.17) is 10.5 Å². The topological polar surface area (TPSA) is 92.5 Å². The lowest BCUT2D eigenvalue weighted by Crippen LogP contribution is -2.58. The molecule has 0 spiro atoms. The van der Waals surface area contributed by atoms with E-state index in [2.05, 4.69) is 15.6 Å². The fourth-order valence-corrected chi connectivity index (χ4v) is 6.51. The molecule has 1 amide bonds. The average Bonchev–Trinajstić information content (AvgIpc) is 3.16. The van der Waals surface area contributed by atoms with Crippen LogP contribution in [0.3, 0.4) is 0 Å². The van der Waals surface area contributed by atoms with Gasteiger partial charge in [-0.05, 0) is 49.4 Å². The van der Waals surface area contributed by atoms with Crippen molar-refractivity contribution in [2.24, 2.45) is 0 Å². The number of nitrogen functional groups attached to an aromatic ring is 1. The number of thiophene rings is 1. The fraction of sp³-hybridized carbons (Fsp3) is 0.440. The van der Waals surface area contributed by atoms with Gasteiger partial charge in [-0.3, -0.25) is 4.79 Å². The van der Waals surface area contributed by atoms with Crippen LogP contribution in [0.5, 0.6) is 0 Å². The van der Waals surface area contributed by atoms with Crippen molar-refractivity contribution in [3.63, 3.8) is 0 Å². The van der Waals surface area contributed by atoms with E-state index in [1.807, 2.05) is 24.0 Å². The minimum atomic E-state index is -0.425. The number of amides is 1. The zero-order valence-electron chi connectivity index (χ0n) is 19.4. The van der Waals surface area contributed by atoms with Crippen LogP contribution in [0.2, 0.25) is 0 Å². The lowest BCUT2D eigenvalue weighted by molar-refractivity contribution is -0.0485. The van der Waals surface area contributed by atoms with Crippen LogP contribution >= 0.6 is 11.3 Å². The molecule has 10 heteroatoms. The van der Waals surface area contributed by atoms with Crippen LogP contribution in [0.25, 0.3) is 10.2 Å². The first-order chi connectivity index (χ1) is 16.9. The maximum Gasteiger partial charge on any atom is 0.263 e. The number of ether oxygens (including phenoxy) is 1. The third-order valence-electron chi connectivity index (χ3n) is 7.19. The zero-order chi connectivity index (χ0) is 24.3. The van der Waals surface area contributed by atoms with Crippen molar-refractivity contribution in [2.45, 2.75) is 44.4 Å². The number of halogens is 2. The number of pyridine rings is 1. The van der Waals surface area contributed by atoms with E-state index in [1.54, 1.807) is 0 Å². The Labute approximate surface area is 205 Å². The number of aromatic nitrogens is 1. The molecule has 35 heavy (non-hydrogen) atoms. The van der Waals surface area contributed by atoms with Gasteiger partial charge in [0, 0.05) is 49.4 Å². The molecule has 4 heterocycles. The molecular formula is C25H27F2N5O2S. The summed E-state index contributed by atoms with van der Waals surface area (Å²) in [5.41, 5.74) is 8.55. The van der Waals surface area contributed by atoms with E-state index < -0.39 is 5.82 Å². The van der Waals surface area contributed by atoms with Gasteiger partial charge in [0.1, 0.15) is 21.3 Å². The molecule has 1 aromatic carbocycles. The summed E-state index contributed by atoms with van der Waals surface area (Å²) in [5, 5.41) is 7.05. The highest BCUT2D eigenvalue weighted by Crippen LogP contribution is 2.36. The molecule has 3 aromatic rings. The van der Waals surface area contributed by atoms with Gasteiger partial charge in [0.15, 0.2) is 0 Å². The molecule has 6 rings (SSSR count). The fourth-order valence-electron chi connectivity index (χ4n) is 5.46. The second kappa shape index (κ2) is 8.69. The maximum absolute atomic E-state index is 15.6. The minimum Gasteiger partial charge on any atom is -0.397 e. The number of hydrogen-bond acceptors (Lipinski definition) is 7. The SMILES string of the molecule is Cc1ccc2c(N)c(C(=O)N[C@H]3CCc4c(F)c(N5CC6CNCC(C5)O6)cc(F)c4C3)sc2n1. The first-order valence-electron chi connectivity index (χ1n) is 11.9. The van der Waals surface area contributed by atoms with Gasteiger partial charge in [0.05, 0.1) is 23.6 Å². The molecule has 3 atom stereocenters. The van der Waals surface area contributed by atoms with Crippen LogP contribution in [0.4, 0.5) is 20.2 Å². The van der Waals surface area contributed by atoms with Crippen molar-refractivity contribution >= 4 is 38.8 Å². The van der Waals surface area contributed by atoms with Crippen LogP contribution in [0.1, 0.15) is 32.9 Å². The molecule has 2 fully saturated rings. The smallest absolute Gasteiger partial charge is 0.263 e.